The third kappa shape index (κ3) is 6.95. The summed E-state index contributed by atoms with van der Waals surface area (Å²) < 4.78 is 7.17. The van der Waals surface area contributed by atoms with E-state index in [4.69, 9.17) is 26.4 Å². The maximum Gasteiger partial charge on any atom is 0.222 e. The Morgan fingerprint density at radius 2 is 1.81 bits per heavy atom. The molecule has 9 heteroatoms. The monoisotopic (exact) mass is 523 g/mol. The van der Waals surface area contributed by atoms with Crippen molar-refractivity contribution in [2.45, 2.75) is 70.9 Å². The van der Waals surface area contributed by atoms with Gasteiger partial charge in [-0.3, -0.25) is 9.78 Å². The van der Waals surface area contributed by atoms with Gasteiger partial charge >= 0.3 is 0 Å². The lowest BCUT2D eigenvalue weighted by Gasteiger charge is -2.29. The summed E-state index contributed by atoms with van der Waals surface area (Å²) in [5.74, 6) is 2.18. The van der Waals surface area contributed by atoms with E-state index >= 15 is 0 Å². The number of benzene rings is 1. The van der Waals surface area contributed by atoms with Crippen molar-refractivity contribution < 1.29 is 14.3 Å². The van der Waals surface area contributed by atoms with Crippen LogP contribution in [0.4, 0.5) is 0 Å². The Balaban J connectivity index is 1.57. The van der Waals surface area contributed by atoms with E-state index in [0.717, 1.165) is 49.7 Å². The first kappa shape index (κ1) is 26.8. The molecule has 0 radical (unpaired) electrons. The molecule has 37 heavy (non-hydrogen) atoms. The molecule has 0 spiro atoms. The number of methoxy groups -OCH3 is 1. The van der Waals surface area contributed by atoms with E-state index in [1.54, 1.807) is 26.4 Å². The van der Waals surface area contributed by atoms with Gasteiger partial charge < -0.3 is 14.4 Å². The molecule has 1 aliphatic carbocycles. The molecule has 4 rings (SSSR count). The maximum absolute atomic E-state index is 13.3. The SMILES string of the molecule is COc1ccc(-c2nc(-c3ccncc3)nn2CCN(C(=O)CCCCC(C)=O)C2CCCC2)cc1Cl. The van der Waals surface area contributed by atoms with Crippen molar-refractivity contribution in [1.29, 1.82) is 0 Å². The van der Waals surface area contributed by atoms with Gasteiger partial charge in [-0.2, -0.15) is 5.10 Å². The van der Waals surface area contributed by atoms with Crippen LogP contribution in [0.15, 0.2) is 42.7 Å². The lowest BCUT2D eigenvalue weighted by Crippen LogP contribution is -2.41. The Morgan fingerprint density at radius 3 is 2.49 bits per heavy atom. The van der Waals surface area contributed by atoms with Crippen molar-refractivity contribution >= 4 is 23.3 Å². The molecule has 8 nitrogen and oxygen atoms in total. The molecule has 0 bridgehead atoms. The number of nitrogens with zero attached hydrogens (tertiary/aromatic N) is 5. The summed E-state index contributed by atoms with van der Waals surface area (Å²) in [4.78, 5) is 35.5. The van der Waals surface area contributed by atoms with Crippen LogP contribution < -0.4 is 4.74 Å². The number of amides is 1. The average Bonchev–Trinajstić information content (AvgIpc) is 3.58. The third-order valence-corrected chi connectivity index (χ3v) is 7.12. The fourth-order valence-corrected chi connectivity index (χ4v) is 5.12. The molecule has 2 aromatic heterocycles. The van der Waals surface area contributed by atoms with Gasteiger partial charge in [0.05, 0.1) is 18.7 Å². The standard InChI is InChI=1S/C28H34ClN5O3/c1-20(35)7-3-6-10-26(36)33(23-8-4-5-9-23)17-18-34-28(22-11-12-25(37-2)24(29)19-22)31-27(32-34)21-13-15-30-16-14-21/h11-16,19,23H,3-10,17-18H2,1-2H3. The quantitative estimate of drug-likeness (QED) is 0.287. The second-order valence-corrected chi connectivity index (χ2v) is 9.91. The van der Waals surface area contributed by atoms with E-state index in [2.05, 4.69) is 4.98 Å². The normalized spacial score (nSPS) is 13.6. The number of aromatic nitrogens is 4. The van der Waals surface area contributed by atoms with E-state index < -0.39 is 0 Å². The zero-order chi connectivity index (χ0) is 26.2. The third-order valence-electron chi connectivity index (χ3n) is 6.83. The summed E-state index contributed by atoms with van der Waals surface area (Å²) in [5, 5.41) is 5.30. The number of hydrogen-bond donors (Lipinski definition) is 0. The molecule has 1 amide bonds. The average molecular weight is 524 g/mol. The fourth-order valence-electron chi connectivity index (χ4n) is 4.86. The molecule has 1 aromatic carbocycles. The second-order valence-electron chi connectivity index (χ2n) is 9.50. The molecule has 2 heterocycles. The minimum atomic E-state index is 0.152. The Labute approximate surface area is 223 Å². The number of carbonyl (C=O) groups is 2. The molecule has 0 saturated heterocycles. The molecular weight excluding hydrogens is 490 g/mol. The van der Waals surface area contributed by atoms with Crippen LogP contribution in [0.3, 0.4) is 0 Å². The van der Waals surface area contributed by atoms with Gasteiger partial charge in [0.15, 0.2) is 11.6 Å². The van der Waals surface area contributed by atoms with Crippen LogP contribution >= 0.6 is 11.6 Å². The Kier molecular flexibility index (Phi) is 9.28. The number of ketones is 1. The van der Waals surface area contributed by atoms with Gasteiger partial charge in [0.1, 0.15) is 11.5 Å². The molecule has 0 N–H and O–H groups in total. The molecular formula is C28H34ClN5O3. The zero-order valence-electron chi connectivity index (χ0n) is 21.5. The summed E-state index contributed by atoms with van der Waals surface area (Å²) in [7, 11) is 1.58. The van der Waals surface area contributed by atoms with Gasteiger partial charge in [0.25, 0.3) is 0 Å². The molecule has 0 aliphatic heterocycles. The second kappa shape index (κ2) is 12.8. The number of rotatable bonds is 12. The van der Waals surface area contributed by atoms with Crippen LogP contribution in [0, 0.1) is 0 Å². The van der Waals surface area contributed by atoms with Crippen molar-refractivity contribution in [3.05, 3.63) is 47.7 Å². The van der Waals surface area contributed by atoms with Crippen LogP contribution in [0.1, 0.15) is 58.3 Å². The first-order valence-corrected chi connectivity index (χ1v) is 13.3. The van der Waals surface area contributed by atoms with E-state index in [1.807, 2.05) is 39.9 Å². The van der Waals surface area contributed by atoms with Crippen LogP contribution in [-0.2, 0) is 16.1 Å². The highest BCUT2D eigenvalue weighted by Gasteiger charge is 2.27. The van der Waals surface area contributed by atoms with Crippen LogP contribution in [0.5, 0.6) is 5.75 Å². The smallest absolute Gasteiger partial charge is 0.222 e. The predicted octanol–water partition coefficient (Wildman–Crippen LogP) is 5.59. The largest absolute Gasteiger partial charge is 0.495 e. The summed E-state index contributed by atoms with van der Waals surface area (Å²) in [6.45, 7) is 2.65. The lowest BCUT2D eigenvalue weighted by molar-refractivity contribution is -0.134. The lowest BCUT2D eigenvalue weighted by atomic mass is 10.1. The number of ether oxygens (including phenoxy) is 1. The topological polar surface area (TPSA) is 90.2 Å². The number of unbranched alkanes of at least 4 members (excludes halogenated alkanes) is 1. The maximum atomic E-state index is 13.3. The summed E-state index contributed by atoms with van der Waals surface area (Å²) in [6.07, 6.45) is 10.2. The van der Waals surface area contributed by atoms with Crippen molar-refractivity contribution in [3.8, 4) is 28.5 Å². The van der Waals surface area contributed by atoms with Crippen LogP contribution in [0.2, 0.25) is 5.02 Å². The van der Waals surface area contributed by atoms with Crippen molar-refractivity contribution in [2.24, 2.45) is 0 Å². The van der Waals surface area contributed by atoms with E-state index in [-0.39, 0.29) is 17.7 Å². The molecule has 196 valence electrons. The van der Waals surface area contributed by atoms with Crippen LogP contribution in [0.25, 0.3) is 22.8 Å². The van der Waals surface area contributed by atoms with Gasteiger partial charge in [0, 0.05) is 48.9 Å². The van der Waals surface area contributed by atoms with Crippen molar-refractivity contribution in [3.63, 3.8) is 0 Å². The van der Waals surface area contributed by atoms with Gasteiger partial charge in [0.2, 0.25) is 5.91 Å². The molecule has 0 atom stereocenters. The first-order valence-electron chi connectivity index (χ1n) is 12.9. The molecule has 1 aliphatic rings. The highest BCUT2D eigenvalue weighted by atomic mass is 35.5. The Hall–Kier alpha value is -3.26. The van der Waals surface area contributed by atoms with Crippen LogP contribution in [-0.4, -0.2) is 56.0 Å². The Morgan fingerprint density at radius 1 is 1.08 bits per heavy atom. The fraction of sp³-hybridized carbons (Fsp3) is 0.464. The van der Waals surface area contributed by atoms with E-state index in [1.165, 1.54) is 0 Å². The predicted molar refractivity (Wildman–Crippen MR) is 143 cm³/mol. The number of carbonyl (C=O) groups excluding carboxylic acids is 2. The Bertz CT molecular complexity index is 1210. The molecule has 3 aromatic rings. The minimum Gasteiger partial charge on any atom is -0.495 e. The number of Topliss-reactive ketones (excluding diaryl/α,β-unsaturated/α-hetero) is 1. The first-order chi connectivity index (χ1) is 18.0. The number of halogens is 1. The van der Waals surface area contributed by atoms with E-state index in [9.17, 15) is 9.59 Å². The van der Waals surface area contributed by atoms with Gasteiger partial charge in [-0.25, -0.2) is 9.67 Å². The highest BCUT2D eigenvalue weighted by molar-refractivity contribution is 6.32. The molecule has 1 saturated carbocycles. The van der Waals surface area contributed by atoms with Gasteiger partial charge in [-0.1, -0.05) is 24.4 Å². The molecule has 0 unspecified atom stereocenters. The van der Waals surface area contributed by atoms with E-state index in [0.29, 0.717) is 48.4 Å². The van der Waals surface area contributed by atoms with Crippen molar-refractivity contribution in [2.75, 3.05) is 13.7 Å². The van der Waals surface area contributed by atoms with Crippen molar-refractivity contribution in [1.82, 2.24) is 24.6 Å². The van der Waals surface area contributed by atoms with Gasteiger partial charge in [-0.15, -0.1) is 0 Å². The number of pyridine rings is 1. The zero-order valence-corrected chi connectivity index (χ0v) is 22.3. The molecule has 1 fully saturated rings. The minimum absolute atomic E-state index is 0.152. The summed E-state index contributed by atoms with van der Waals surface area (Å²) in [5.41, 5.74) is 1.69. The highest BCUT2D eigenvalue weighted by Crippen LogP contribution is 2.31. The summed E-state index contributed by atoms with van der Waals surface area (Å²) in [6, 6.07) is 9.56. The van der Waals surface area contributed by atoms with Gasteiger partial charge in [-0.05, 0) is 62.9 Å². The summed E-state index contributed by atoms with van der Waals surface area (Å²) >= 11 is 6.43. The number of hydrogen-bond acceptors (Lipinski definition) is 6.